The van der Waals surface area contributed by atoms with Crippen molar-refractivity contribution in [2.45, 2.75) is 46.9 Å². The van der Waals surface area contributed by atoms with Gasteiger partial charge in [0.05, 0.1) is 0 Å². The topological polar surface area (TPSA) is 34.1 Å². The van der Waals surface area contributed by atoms with Crippen LogP contribution in [0.25, 0.3) is 0 Å². The first kappa shape index (κ1) is 15.5. The molecule has 0 bridgehead atoms. The summed E-state index contributed by atoms with van der Waals surface area (Å²) in [5.41, 5.74) is 4.74. The van der Waals surface area contributed by atoms with Crippen molar-refractivity contribution in [1.29, 1.82) is 0 Å². The summed E-state index contributed by atoms with van der Waals surface area (Å²) in [5.74, 6) is 0.979. The number of benzene rings is 1. The van der Waals surface area contributed by atoms with Gasteiger partial charge in [-0.3, -0.25) is 4.98 Å². The predicted molar refractivity (Wildman–Crippen MR) is 86.5 cm³/mol. The normalized spacial score (nSPS) is 10.9. The molecule has 0 atom stereocenters. The Morgan fingerprint density at radius 1 is 1.14 bits per heavy atom. The predicted octanol–water partition coefficient (Wildman–Crippen LogP) is 3.78. The van der Waals surface area contributed by atoms with E-state index in [0.717, 1.165) is 17.9 Å². The highest BCUT2D eigenvalue weighted by Crippen LogP contribution is 2.25. The lowest BCUT2D eigenvalue weighted by atomic mass is 10.1. The molecule has 1 aromatic heterocycles. The first-order valence-corrected chi connectivity index (χ1v) is 7.41. The molecule has 0 saturated heterocycles. The number of rotatable bonds is 6. The van der Waals surface area contributed by atoms with Gasteiger partial charge in [0, 0.05) is 30.5 Å². The monoisotopic (exact) mass is 284 g/mol. The molecule has 21 heavy (non-hydrogen) atoms. The van der Waals surface area contributed by atoms with Crippen LogP contribution in [0.4, 0.5) is 0 Å². The Morgan fingerprint density at radius 3 is 2.43 bits per heavy atom. The number of nitrogens with one attached hydrogen (secondary N) is 1. The van der Waals surface area contributed by atoms with Gasteiger partial charge in [0.1, 0.15) is 12.4 Å². The molecule has 1 heterocycles. The second-order valence-electron chi connectivity index (χ2n) is 5.74. The maximum atomic E-state index is 5.97. The van der Waals surface area contributed by atoms with Crippen LogP contribution < -0.4 is 10.1 Å². The molecule has 0 fully saturated rings. The fourth-order valence-corrected chi connectivity index (χ4v) is 2.33. The quantitative estimate of drug-likeness (QED) is 0.876. The van der Waals surface area contributed by atoms with Crippen LogP contribution in [-0.2, 0) is 13.2 Å². The van der Waals surface area contributed by atoms with Crippen molar-refractivity contribution in [1.82, 2.24) is 10.3 Å². The molecule has 1 N–H and O–H groups in total. The van der Waals surface area contributed by atoms with Crippen molar-refractivity contribution in [3.63, 3.8) is 0 Å². The van der Waals surface area contributed by atoms with Gasteiger partial charge in [-0.2, -0.15) is 0 Å². The summed E-state index contributed by atoms with van der Waals surface area (Å²) in [6.07, 6.45) is 3.61. The molecule has 2 aromatic rings. The highest BCUT2D eigenvalue weighted by Gasteiger charge is 2.07. The summed E-state index contributed by atoms with van der Waals surface area (Å²) >= 11 is 0. The summed E-state index contributed by atoms with van der Waals surface area (Å²) in [6, 6.07) is 8.84. The van der Waals surface area contributed by atoms with E-state index in [1.54, 1.807) is 6.20 Å². The Kier molecular flexibility index (Phi) is 5.34. The number of hydrogen-bond donors (Lipinski definition) is 1. The summed E-state index contributed by atoms with van der Waals surface area (Å²) < 4.78 is 5.97. The van der Waals surface area contributed by atoms with Crippen LogP contribution in [0, 0.1) is 13.8 Å². The SMILES string of the molecule is Cc1cc(CNC(C)C)cc(C)c1OCc1cccnc1. The number of ether oxygens (including phenoxy) is 1. The zero-order chi connectivity index (χ0) is 15.2. The Labute approximate surface area is 127 Å². The first-order valence-electron chi connectivity index (χ1n) is 7.41. The maximum Gasteiger partial charge on any atom is 0.125 e. The first-order chi connectivity index (χ1) is 10.1. The third-order valence-electron chi connectivity index (χ3n) is 3.34. The maximum absolute atomic E-state index is 5.97. The molecule has 0 spiro atoms. The Bertz CT molecular complexity index is 556. The van der Waals surface area contributed by atoms with E-state index in [4.69, 9.17) is 4.74 Å². The van der Waals surface area contributed by atoms with Crippen molar-refractivity contribution >= 4 is 0 Å². The molecule has 0 radical (unpaired) electrons. The number of nitrogens with zero attached hydrogens (tertiary/aromatic N) is 1. The van der Waals surface area contributed by atoms with E-state index in [2.05, 4.69) is 50.1 Å². The molecular formula is C18H24N2O. The molecule has 0 aliphatic heterocycles. The van der Waals surface area contributed by atoms with Gasteiger partial charge in [-0.1, -0.05) is 32.0 Å². The fourth-order valence-electron chi connectivity index (χ4n) is 2.33. The fraction of sp³-hybridized carbons (Fsp3) is 0.389. The van der Waals surface area contributed by atoms with Gasteiger partial charge in [-0.05, 0) is 36.6 Å². The van der Waals surface area contributed by atoms with Crippen LogP contribution in [0.2, 0.25) is 0 Å². The van der Waals surface area contributed by atoms with E-state index in [9.17, 15) is 0 Å². The van der Waals surface area contributed by atoms with E-state index in [1.165, 1.54) is 16.7 Å². The van der Waals surface area contributed by atoms with Gasteiger partial charge in [0.2, 0.25) is 0 Å². The Balaban J connectivity index is 2.06. The van der Waals surface area contributed by atoms with E-state index >= 15 is 0 Å². The van der Waals surface area contributed by atoms with E-state index < -0.39 is 0 Å². The molecule has 2 rings (SSSR count). The van der Waals surface area contributed by atoms with Crippen LogP contribution in [0.15, 0.2) is 36.7 Å². The van der Waals surface area contributed by atoms with Crippen LogP contribution in [-0.4, -0.2) is 11.0 Å². The summed E-state index contributed by atoms with van der Waals surface area (Å²) in [6.45, 7) is 9.96. The van der Waals surface area contributed by atoms with Gasteiger partial charge < -0.3 is 10.1 Å². The van der Waals surface area contributed by atoms with E-state index in [1.807, 2.05) is 18.3 Å². The molecule has 0 aliphatic rings. The smallest absolute Gasteiger partial charge is 0.125 e. The summed E-state index contributed by atoms with van der Waals surface area (Å²) in [5, 5.41) is 3.44. The number of aryl methyl sites for hydroxylation is 2. The third-order valence-corrected chi connectivity index (χ3v) is 3.34. The second-order valence-corrected chi connectivity index (χ2v) is 5.74. The van der Waals surface area contributed by atoms with Crippen LogP contribution in [0.5, 0.6) is 5.75 Å². The Morgan fingerprint density at radius 2 is 1.86 bits per heavy atom. The zero-order valence-electron chi connectivity index (χ0n) is 13.3. The van der Waals surface area contributed by atoms with Crippen molar-refractivity contribution in [3.05, 3.63) is 58.9 Å². The minimum Gasteiger partial charge on any atom is -0.488 e. The number of aromatic nitrogens is 1. The molecule has 1 aromatic carbocycles. The standard InChI is InChI=1S/C18H24N2O/c1-13(2)20-11-17-8-14(3)18(15(4)9-17)21-12-16-6-5-7-19-10-16/h5-10,13,20H,11-12H2,1-4H3. The molecule has 3 heteroatoms. The van der Waals surface area contributed by atoms with Gasteiger partial charge in [0.25, 0.3) is 0 Å². The lowest BCUT2D eigenvalue weighted by Crippen LogP contribution is -2.21. The van der Waals surface area contributed by atoms with E-state index in [-0.39, 0.29) is 0 Å². The average Bonchev–Trinajstić information content (AvgIpc) is 2.45. The molecular weight excluding hydrogens is 260 g/mol. The van der Waals surface area contributed by atoms with Gasteiger partial charge in [0.15, 0.2) is 0 Å². The number of pyridine rings is 1. The minimum atomic E-state index is 0.493. The molecule has 0 amide bonds. The lowest BCUT2D eigenvalue weighted by molar-refractivity contribution is 0.301. The second kappa shape index (κ2) is 7.23. The molecule has 0 aliphatic carbocycles. The summed E-state index contributed by atoms with van der Waals surface area (Å²) in [4.78, 5) is 4.11. The summed E-state index contributed by atoms with van der Waals surface area (Å²) in [7, 11) is 0. The van der Waals surface area contributed by atoms with Gasteiger partial charge >= 0.3 is 0 Å². The minimum absolute atomic E-state index is 0.493. The molecule has 112 valence electrons. The molecule has 0 saturated carbocycles. The third kappa shape index (κ3) is 4.57. The highest BCUT2D eigenvalue weighted by molar-refractivity contribution is 5.43. The Hall–Kier alpha value is -1.87. The van der Waals surface area contributed by atoms with Gasteiger partial charge in [-0.15, -0.1) is 0 Å². The average molecular weight is 284 g/mol. The highest BCUT2D eigenvalue weighted by atomic mass is 16.5. The van der Waals surface area contributed by atoms with Crippen molar-refractivity contribution < 1.29 is 4.74 Å². The van der Waals surface area contributed by atoms with E-state index in [0.29, 0.717) is 12.6 Å². The zero-order valence-corrected chi connectivity index (χ0v) is 13.3. The largest absolute Gasteiger partial charge is 0.488 e. The molecule has 0 unspecified atom stereocenters. The lowest BCUT2D eigenvalue weighted by Gasteiger charge is -2.15. The van der Waals surface area contributed by atoms with Crippen molar-refractivity contribution in [2.75, 3.05) is 0 Å². The van der Waals surface area contributed by atoms with Crippen molar-refractivity contribution in [2.24, 2.45) is 0 Å². The van der Waals surface area contributed by atoms with Gasteiger partial charge in [-0.25, -0.2) is 0 Å². The van der Waals surface area contributed by atoms with Crippen LogP contribution in [0.3, 0.4) is 0 Å². The van der Waals surface area contributed by atoms with Crippen LogP contribution in [0.1, 0.15) is 36.1 Å². The molecule has 3 nitrogen and oxygen atoms in total. The number of hydrogen-bond acceptors (Lipinski definition) is 3. The van der Waals surface area contributed by atoms with Crippen molar-refractivity contribution in [3.8, 4) is 5.75 Å². The van der Waals surface area contributed by atoms with Crippen LogP contribution >= 0.6 is 0 Å².